The minimum atomic E-state index is 0.198. The number of aromatic nitrogens is 4. The van der Waals surface area contributed by atoms with Gasteiger partial charge in [0, 0.05) is 39.0 Å². The van der Waals surface area contributed by atoms with Crippen molar-refractivity contribution in [2.24, 2.45) is 5.92 Å². The molecule has 3 aromatic rings. The van der Waals surface area contributed by atoms with E-state index in [1.165, 1.54) is 5.56 Å². The molecule has 1 amide bonds. The van der Waals surface area contributed by atoms with Crippen LogP contribution in [0.4, 0.5) is 5.82 Å². The van der Waals surface area contributed by atoms with E-state index in [2.05, 4.69) is 45.4 Å². The Labute approximate surface area is 188 Å². The van der Waals surface area contributed by atoms with Gasteiger partial charge in [0.05, 0.1) is 13.2 Å². The smallest absolute Gasteiger partial charge is 0.223 e. The van der Waals surface area contributed by atoms with Crippen molar-refractivity contribution >= 4 is 17.4 Å². The molecular weight excluding hydrogens is 404 g/mol. The number of fused-ring (bicyclic) bond motifs is 1. The first-order valence-electron chi connectivity index (χ1n) is 11.6. The number of benzene rings is 1. The summed E-state index contributed by atoms with van der Waals surface area (Å²) in [4.78, 5) is 17.1. The largest absolute Gasteiger partial charge is 0.378 e. The van der Waals surface area contributed by atoms with Crippen molar-refractivity contribution in [1.82, 2.24) is 24.7 Å². The predicted molar refractivity (Wildman–Crippen MR) is 122 cm³/mol. The number of hydrogen-bond acceptors (Lipinski definition) is 6. The zero-order chi connectivity index (χ0) is 21.8. The second kappa shape index (κ2) is 9.65. The molecule has 0 radical (unpaired) electrons. The summed E-state index contributed by atoms with van der Waals surface area (Å²) in [6.07, 6.45) is 4.22. The van der Waals surface area contributed by atoms with Crippen LogP contribution in [0.15, 0.2) is 42.5 Å². The molecule has 0 saturated carbocycles. The fraction of sp³-hybridized carbons (Fsp3) is 0.500. The van der Waals surface area contributed by atoms with E-state index in [1.807, 2.05) is 17.0 Å². The highest BCUT2D eigenvalue weighted by Gasteiger charge is 2.23. The Morgan fingerprint density at radius 1 is 0.969 bits per heavy atom. The first kappa shape index (κ1) is 20.9. The second-order valence-electron chi connectivity index (χ2n) is 8.69. The first-order valence-corrected chi connectivity index (χ1v) is 11.6. The molecule has 0 bridgehead atoms. The Morgan fingerprint density at radius 2 is 1.75 bits per heavy atom. The standard InChI is InChI=1S/C24H30N6O2/c31-24(29-12-10-20(11-13-29)18-19-4-2-1-3-5-19)9-8-22-26-25-21-6-7-23(27-30(21)22)28-14-16-32-17-15-28/h1-7,20H,8-18H2. The van der Waals surface area contributed by atoms with Crippen molar-refractivity contribution in [3.8, 4) is 0 Å². The van der Waals surface area contributed by atoms with Gasteiger partial charge in [0.1, 0.15) is 5.82 Å². The molecule has 0 aliphatic carbocycles. The van der Waals surface area contributed by atoms with Gasteiger partial charge in [-0.2, -0.15) is 4.52 Å². The molecular formula is C24H30N6O2. The fourth-order valence-corrected chi connectivity index (χ4v) is 4.65. The van der Waals surface area contributed by atoms with Crippen LogP contribution in [0.1, 0.15) is 30.7 Å². The summed E-state index contributed by atoms with van der Waals surface area (Å²) >= 11 is 0. The van der Waals surface area contributed by atoms with Crippen molar-refractivity contribution in [3.63, 3.8) is 0 Å². The zero-order valence-corrected chi connectivity index (χ0v) is 18.4. The number of likely N-dealkylation sites (tertiary alicyclic amines) is 1. The predicted octanol–water partition coefficient (Wildman–Crippen LogP) is 2.37. The molecule has 2 saturated heterocycles. The van der Waals surface area contributed by atoms with Crippen LogP contribution in [-0.4, -0.2) is 70.0 Å². The number of morpholine rings is 1. The Bertz CT molecular complexity index is 1040. The number of hydrogen-bond donors (Lipinski definition) is 0. The average Bonchev–Trinajstić information content (AvgIpc) is 3.26. The van der Waals surface area contributed by atoms with E-state index in [-0.39, 0.29) is 5.91 Å². The van der Waals surface area contributed by atoms with Crippen LogP contribution in [-0.2, 0) is 22.4 Å². The molecule has 0 atom stereocenters. The third kappa shape index (κ3) is 4.75. The van der Waals surface area contributed by atoms with E-state index in [0.717, 1.165) is 57.1 Å². The van der Waals surface area contributed by atoms with Crippen molar-refractivity contribution in [2.45, 2.75) is 32.1 Å². The maximum absolute atomic E-state index is 12.8. The van der Waals surface area contributed by atoms with Gasteiger partial charge in [-0.1, -0.05) is 30.3 Å². The molecule has 4 heterocycles. The maximum Gasteiger partial charge on any atom is 0.223 e. The highest BCUT2D eigenvalue weighted by atomic mass is 16.5. The summed E-state index contributed by atoms with van der Waals surface area (Å²) in [6.45, 7) is 4.77. The van der Waals surface area contributed by atoms with Crippen molar-refractivity contribution < 1.29 is 9.53 Å². The first-order chi connectivity index (χ1) is 15.8. The molecule has 2 aliphatic heterocycles. The number of piperidine rings is 1. The number of ether oxygens (including phenoxy) is 1. The molecule has 0 N–H and O–H groups in total. The minimum absolute atomic E-state index is 0.198. The van der Waals surface area contributed by atoms with Crippen LogP contribution >= 0.6 is 0 Å². The molecule has 0 spiro atoms. The Hall–Kier alpha value is -3.00. The van der Waals surface area contributed by atoms with Gasteiger partial charge in [0.15, 0.2) is 11.5 Å². The molecule has 1 aromatic carbocycles. The van der Waals surface area contributed by atoms with E-state index in [1.54, 1.807) is 4.52 Å². The van der Waals surface area contributed by atoms with Crippen molar-refractivity contribution in [3.05, 3.63) is 53.9 Å². The molecule has 8 nitrogen and oxygen atoms in total. The van der Waals surface area contributed by atoms with E-state index in [0.29, 0.717) is 37.6 Å². The SMILES string of the molecule is O=C(CCc1nnc2ccc(N3CCOCC3)nn12)N1CCC(Cc2ccccc2)CC1. The molecule has 5 rings (SSSR count). The van der Waals surface area contributed by atoms with Gasteiger partial charge >= 0.3 is 0 Å². The highest BCUT2D eigenvalue weighted by molar-refractivity contribution is 5.76. The minimum Gasteiger partial charge on any atom is -0.378 e. The summed E-state index contributed by atoms with van der Waals surface area (Å²) in [7, 11) is 0. The van der Waals surface area contributed by atoms with Crippen LogP contribution < -0.4 is 4.90 Å². The van der Waals surface area contributed by atoms with Gasteiger partial charge in [0.2, 0.25) is 5.91 Å². The number of amides is 1. The van der Waals surface area contributed by atoms with Gasteiger partial charge in [-0.05, 0) is 42.9 Å². The lowest BCUT2D eigenvalue weighted by Gasteiger charge is -2.32. The van der Waals surface area contributed by atoms with Crippen LogP contribution in [0.5, 0.6) is 0 Å². The van der Waals surface area contributed by atoms with E-state index in [9.17, 15) is 4.79 Å². The second-order valence-corrected chi connectivity index (χ2v) is 8.69. The van der Waals surface area contributed by atoms with Gasteiger partial charge in [-0.15, -0.1) is 15.3 Å². The van der Waals surface area contributed by atoms with Gasteiger partial charge < -0.3 is 14.5 Å². The molecule has 2 aliphatic rings. The molecule has 2 fully saturated rings. The molecule has 168 valence electrons. The summed E-state index contributed by atoms with van der Waals surface area (Å²) in [5.41, 5.74) is 2.10. The van der Waals surface area contributed by atoms with Crippen molar-refractivity contribution in [1.29, 1.82) is 0 Å². The summed E-state index contributed by atoms with van der Waals surface area (Å²) < 4.78 is 7.21. The third-order valence-corrected chi connectivity index (χ3v) is 6.55. The van der Waals surface area contributed by atoms with Crippen LogP contribution in [0, 0.1) is 5.92 Å². The maximum atomic E-state index is 12.8. The number of nitrogens with zero attached hydrogens (tertiary/aromatic N) is 6. The number of rotatable bonds is 6. The monoisotopic (exact) mass is 434 g/mol. The topological polar surface area (TPSA) is 75.9 Å². The number of carbonyl (C=O) groups excluding carboxylic acids is 1. The molecule has 0 unspecified atom stereocenters. The normalized spacial score (nSPS) is 17.8. The fourth-order valence-electron chi connectivity index (χ4n) is 4.65. The molecule has 2 aromatic heterocycles. The lowest BCUT2D eigenvalue weighted by molar-refractivity contribution is -0.132. The lowest BCUT2D eigenvalue weighted by atomic mass is 9.90. The highest BCUT2D eigenvalue weighted by Crippen LogP contribution is 2.22. The Balaban J connectivity index is 1.15. The van der Waals surface area contributed by atoms with Crippen LogP contribution in [0.2, 0.25) is 0 Å². The number of aryl methyl sites for hydroxylation is 1. The number of anilines is 1. The Morgan fingerprint density at radius 3 is 2.53 bits per heavy atom. The van der Waals surface area contributed by atoms with Gasteiger partial charge in [-0.25, -0.2) is 0 Å². The molecule has 8 heteroatoms. The quantitative estimate of drug-likeness (QED) is 0.593. The lowest BCUT2D eigenvalue weighted by Crippen LogP contribution is -2.39. The van der Waals surface area contributed by atoms with Crippen LogP contribution in [0.3, 0.4) is 0 Å². The van der Waals surface area contributed by atoms with Gasteiger partial charge in [0.25, 0.3) is 0 Å². The summed E-state index contributed by atoms with van der Waals surface area (Å²) in [5.74, 6) is 2.49. The van der Waals surface area contributed by atoms with E-state index in [4.69, 9.17) is 9.84 Å². The van der Waals surface area contributed by atoms with Crippen LogP contribution in [0.25, 0.3) is 5.65 Å². The van der Waals surface area contributed by atoms with Crippen molar-refractivity contribution in [2.75, 3.05) is 44.3 Å². The summed E-state index contributed by atoms with van der Waals surface area (Å²) in [6, 6.07) is 14.6. The average molecular weight is 435 g/mol. The zero-order valence-electron chi connectivity index (χ0n) is 18.4. The van der Waals surface area contributed by atoms with E-state index >= 15 is 0 Å². The molecule has 32 heavy (non-hydrogen) atoms. The Kier molecular flexibility index (Phi) is 6.29. The third-order valence-electron chi connectivity index (χ3n) is 6.55. The summed E-state index contributed by atoms with van der Waals surface area (Å²) in [5, 5.41) is 13.3. The van der Waals surface area contributed by atoms with E-state index < -0.39 is 0 Å². The van der Waals surface area contributed by atoms with Gasteiger partial charge in [-0.3, -0.25) is 4.79 Å². The number of carbonyl (C=O) groups is 1.